The predicted molar refractivity (Wildman–Crippen MR) is 40.0 cm³/mol. The highest BCUT2D eigenvalue weighted by atomic mass is 31.1. The Morgan fingerprint density at radius 2 is 1.80 bits per heavy atom. The van der Waals surface area contributed by atoms with Gasteiger partial charge in [0.1, 0.15) is 0 Å². The minimum atomic E-state index is -2.89. The van der Waals surface area contributed by atoms with Gasteiger partial charge in [-0.3, -0.25) is 9.09 Å². The molecule has 0 radical (unpaired) electrons. The van der Waals surface area contributed by atoms with Crippen molar-refractivity contribution in [3.05, 3.63) is 0 Å². The summed E-state index contributed by atoms with van der Waals surface area (Å²) < 4.78 is 13.1. The number of aliphatic hydroxyl groups is 1. The average Bonchev–Trinajstić information content (AvgIpc) is 1.89. The Morgan fingerprint density at radius 3 is 1.80 bits per heavy atom. The van der Waals surface area contributed by atoms with E-state index in [0.717, 1.165) is 0 Å². The van der Waals surface area contributed by atoms with Crippen LogP contribution in [0.15, 0.2) is 0 Å². The van der Waals surface area contributed by atoms with Crippen molar-refractivity contribution in [2.45, 2.75) is 26.7 Å². The number of aliphatic hydroxyl groups excluding tert-OH is 1. The quantitative estimate of drug-likeness (QED) is 0.492. The highest BCUT2D eigenvalue weighted by Crippen LogP contribution is 2.11. The summed E-state index contributed by atoms with van der Waals surface area (Å²) in [5.41, 5.74) is 0. The van der Waals surface area contributed by atoms with E-state index >= 15 is 0 Å². The topological polar surface area (TPSA) is 66.8 Å². The van der Waals surface area contributed by atoms with E-state index in [2.05, 4.69) is 18.4 Å². The molecule has 0 aromatic rings. The lowest BCUT2D eigenvalue weighted by atomic mass is 10.4. The smallest absolute Gasteiger partial charge is 0.318 e. The molecule has 0 aliphatic rings. The predicted octanol–water partition coefficient (Wildman–Crippen LogP) is 1.14. The van der Waals surface area contributed by atoms with E-state index in [9.17, 15) is 4.57 Å². The molecule has 0 aromatic carbocycles. The van der Waals surface area contributed by atoms with E-state index < -0.39 is 15.0 Å². The van der Waals surface area contributed by atoms with Crippen LogP contribution in [-0.4, -0.2) is 16.8 Å². The van der Waals surface area contributed by atoms with Gasteiger partial charge in [0.2, 0.25) is 0 Å². The van der Waals surface area contributed by atoms with Crippen LogP contribution in [0.25, 0.3) is 0 Å². The van der Waals surface area contributed by atoms with Crippen LogP contribution in [0.5, 0.6) is 0 Å². The molecule has 0 aromatic heterocycles. The fourth-order valence-corrected chi connectivity index (χ4v) is 0.166. The van der Waals surface area contributed by atoms with Gasteiger partial charge in [-0.15, -0.1) is 0 Å². The molecule has 1 unspecified atom stereocenters. The molecule has 0 aliphatic heterocycles. The van der Waals surface area contributed by atoms with E-state index in [1.165, 1.54) is 12.8 Å². The van der Waals surface area contributed by atoms with Crippen LogP contribution in [0.4, 0.5) is 0 Å². The van der Waals surface area contributed by atoms with Crippen molar-refractivity contribution in [3.8, 4) is 0 Å². The van der Waals surface area contributed by atoms with E-state index in [-0.39, 0.29) is 0 Å². The molecule has 10 heavy (non-hydrogen) atoms. The summed E-state index contributed by atoms with van der Waals surface area (Å²) in [6, 6.07) is 0. The maximum Gasteiger partial charge on any atom is 0.318 e. The van der Waals surface area contributed by atoms with Gasteiger partial charge in [0, 0.05) is 0 Å². The first kappa shape index (κ1) is 12.8. The molecule has 5 heteroatoms. The molecule has 0 saturated heterocycles. The van der Waals surface area contributed by atoms with Gasteiger partial charge in [-0.1, -0.05) is 26.7 Å². The number of unbranched alkanes of at least 4 members (excludes halogenated alkanes) is 1. The van der Waals surface area contributed by atoms with Crippen LogP contribution in [-0.2, 0) is 9.09 Å². The summed E-state index contributed by atoms with van der Waals surface area (Å²) in [5, 5.41) is 7.68. The summed E-state index contributed by atoms with van der Waals surface area (Å²) >= 11 is 0. The minimum absolute atomic E-state index is 0.686. The second-order valence-electron chi connectivity index (χ2n) is 1.54. The van der Waals surface area contributed by atoms with Gasteiger partial charge >= 0.3 is 8.25 Å². The van der Waals surface area contributed by atoms with Gasteiger partial charge in [-0.05, 0) is 0 Å². The van der Waals surface area contributed by atoms with E-state index in [4.69, 9.17) is 10.00 Å². The molecule has 0 rings (SSSR count). The number of hydrogen-bond acceptors (Lipinski definition) is 3. The standard InChI is InChI=1S/C4H10.CH5O4P/c1-3-4-2;2-1-5-6(3)4/h3-4H2,1-2H3;2,6H,1H2,(H,3,4). The minimum Gasteiger partial charge on any atom is -0.370 e. The molecule has 0 amide bonds. The Kier molecular flexibility index (Phi) is 15.1. The van der Waals surface area contributed by atoms with Gasteiger partial charge in [0.05, 0.1) is 0 Å². The Balaban J connectivity index is 0. The molecule has 2 N–H and O–H groups in total. The number of rotatable bonds is 3. The lowest BCUT2D eigenvalue weighted by molar-refractivity contribution is 0.0946. The van der Waals surface area contributed by atoms with Gasteiger partial charge in [-0.25, -0.2) is 0 Å². The summed E-state index contributed by atoms with van der Waals surface area (Å²) in [6.45, 7) is 3.67. The molecule has 0 heterocycles. The monoisotopic (exact) mass is 170 g/mol. The van der Waals surface area contributed by atoms with Crippen molar-refractivity contribution < 1.29 is 19.1 Å². The van der Waals surface area contributed by atoms with Crippen LogP contribution in [0.1, 0.15) is 26.7 Å². The zero-order chi connectivity index (χ0) is 8.41. The first-order valence-electron chi connectivity index (χ1n) is 3.15. The van der Waals surface area contributed by atoms with Crippen LogP contribution in [0.3, 0.4) is 0 Å². The van der Waals surface area contributed by atoms with Crippen molar-refractivity contribution in [3.63, 3.8) is 0 Å². The Morgan fingerprint density at radius 1 is 1.40 bits per heavy atom. The summed E-state index contributed by atoms with van der Waals surface area (Å²) in [7, 11) is -2.89. The van der Waals surface area contributed by atoms with Crippen LogP contribution in [0.2, 0.25) is 0 Å². The second-order valence-corrected chi connectivity index (χ2v) is 2.36. The second kappa shape index (κ2) is 11.9. The first-order valence-corrected chi connectivity index (χ1v) is 4.41. The zero-order valence-corrected chi connectivity index (χ0v) is 7.33. The fourth-order valence-electron chi connectivity index (χ4n) is 0.0552. The van der Waals surface area contributed by atoms with Crippen molar-refractivity contribution in [2.75, 3.05) is 6.79 Å². The van der Waals surface area contributed by atoms with E-state index in [0.29, 0.717) is 0 Å². The van der Waals surface area contributed by atoms with Crippen LogP contribution >= 0.6 is 8.25 Å². The fraction of sp³-hybridized carbons (Fsp3) is 1.00. The van der Waals surface area contributed by atoms with Gasteiger partial charge in [0.15, 0.2) is 6.79 Å². The molecular formula is C5H15O4P. The summed E-state index contributed by atoms with van der Waals surface area (Å²) in [5.74, 6) is 0. The molecule has 0 spiro atoms. The molecule has 4 nitrogen and oxygen atoms in total. The first-order chi connectivity index (χ1) is 4.68. The highest BCUT2D eigenvalue weighted by Gasteiger charge is 1.82. The Hall–Kier alpha value is 0.110. The molecule has 0 aliphatic carbocycles. The van der Waals surface area contributed by atoms with Gasteiger partial charge in [0.25, 0.3) is 0 Å². The van der Waals surface area contributed by atoms with Crippen molar-refractivity contribution in [1.82, 2.24) is 0 Å². The van der Waals surface area contributed by atoms with E-state index in [1.54, 1.807) is 0 Å². The zero-order valence-electron chi connectivity index (χ0n) is 6.33. The Labute approximate surface area is 61.8 Å². The average molecular weight is 170 g/mol. The van der Waals surface area contributed by atoms with Gasteiger partial charge in [-0.2, -0.15) is 0 Å². The molecule has 1 atom stereocenters. The largest absolute Gasteiger partial charge is 0.370 e. The third kappa shape index (κ3) is 24.3. The van der Waals surface area contributed by atoms with Crippen LogP contribution < -0.4 is 0 Å². The third-order valence-corrected chi connectivity index (χ3v) is 1.06. The molecule has 0 saturated carbocycles. The van der Waals surface area contributed by atoms with Crippen molar-refractivity contribution >= 4 is 8.25 Å². The summed E-state index contributed by atoms with van der Waals surface area (Å²) in [6.07, 6.45) is 2.64. The molecular weight excluding hydrogens is 155 g/mol. The lowest BCUT2D eigenvalue weighted by Gasteiger charge is -1.86. The highest BCUT2D eigenvalue weighted by molar-refractivity contribution is 7.32. The third-order valence-electron chi connectivity index (χ3n) is 0.688. The normalized spacial score (nSPS) is 11.6. The SMILES string of the molecule is CCCC.O=[PH](O)OCO. The van der Waals surface area contributed by atoms with Crippen LogP contribution in [0, 0.1) is 0 Å². The molecule has 0 fully saturated rings. The summed E-state index contributed by atoms with van der Waals surface area (Å²) in [4.78, 5) is 7.72. The van der Waals surface area contributed by atoms with E-state index in [1.807, 2.05) is 0 Å². The maximum absolute atomic E-state index is 9.40. The lowest BCUT2D eigenvalue weighted by Crippen LogP contribution is -1.78. The molecule has 0 bridgehead atoms. The Bertz CT molecular complexity index is 74.0. The van der Waals surface area contributed by atoms with Crippen molar-refractivity contribution in [2.24, 2.45) is 0 Å². The molecule has 64 valence electrons. The number of hydrogen-bond donors (Lipinski definition) is 2. The van der Waals surface area contributed by atoms with Crippen molar-refractivity contribution in [1.29, 1.82) is 0 Å². The van der Waals surface area contributed by atoms with Gasteiger partial charge < -0.3 is 10.00 Å². The maximum atomic E-state index is 9.40.